The fourth-order valence-corrected chi connectivity index (χ4v) is 2.71. The quantitative estimate of drug-likeness (QED) is 0.835. The highest BCUT2D eigenvalue weighted by atomic mass is 16.2. The summed E-state index contributed by atoms with van der Waals surface area (Å²) in [6.07, 6.45) is 2.89. The first-order valence-corrected chi connectivity index (χ1v) is 7.03. The van der Waals surface area contributed by atoms with Crippen molar-refractivity contribution in [1.29, 1.82) is 0 Å². The van der Waals surface area contributed by atoms with E-state index in [1.807, 2.05) is 25.7 Å². The number of hydrogen-bond donors (Lipinski definition) is 1. The largest absolute Gasteiger partial charge is 0.342 e. The molecule has 0 aromatic heterocycles. The zero-order valence-electron chi connectivity index (χ0n) is 12.2. The van der Waals surface area contributed by atoms with Crippen LogP contribution in [0.4, 0.5) is 0 Å². The van der Waals surface area contributed by atoms with E-state index in [-0.39, 0.29) is 23.9 Å². The third-order valence-electron chi connectivity index (χ3n) is 4.12. The Kier molecular flexibility index (Phi) is 4.77. The van der Waals surface area contributed by atoms with Crippen LogP contribution < -0.4 is 5.32 Å². The smallest absolute Gasteiger partial charge is 0.248 e. The molecule has 18 heavy (non-hydrogen) atoms. The average molecular weight is 254 g/mol. The second-order valence-corrected chi connectivity index (χ2v) is 5.47. The van der Waals surface area contributed by atoms with Gasteiger partial charge in [-0.2, -0.15) is 0 Å². The number of nitrogens with zero attached hydrogens (tertiary/aromatic N) is 1. The fourth-order valence-electron chi connectivity index (χ4n) is 2.71. The Bertz CT molecular complexity index is 326. The van der Waals surface area contributed by atoms with Crippen LogP contribution in [0.25, 0.3) is 0 Å². The highest BCUT2D eigenvalue weighted by Gasteiger charge is 2.43. The zero-order chi connectivity index (χ0) is 13.9. The first-order valence-electron chi connectivity index (χ1n) is 7.03. The van der Waals surface area contributed by atoms with Crippen LogP contribution in [0.5, 0.6) is 0 Å². The van der Waals surface area contributed by atoms with Crippen LogP contribution in [0.1, 0.15) is 60.3 Å². The highest BCUT2D eigenvalue weighted by molar-refractivity contribution is 5.93. The van der Waals surface area contributed by atoms with Crippen LogP contribution in [-0.4, -0.2) is 34.3 Å². The monoisotopic (exact) mass is 254 g/mol. The molecule has 2 atom stereocenters. The summed E-state index contributed by atoms with van der Waals surface area (Å²) in [7, 11) is 0. The van der Waals surface area contributed by atoms with E-state index < -0.39 is 5.54 Å². The van der Waals surface area contributed by atoms with Gasteiger partial charge in [-0.25, -0.2) is 0 Å². The molecular weight excluding hydrogens is 228 g/mol. The van der Waals surface area contributed by atoms with Gasteiger partial charge < -0.3 is 10.2 Å². The predicted octanol–water partition coefficient (Wildman–Crippen LogP) is 2.08. The molecular formula is C14H26N2O2. The molecule has 104 valence electrons. The molecule has 2 amide bonds. The summed E-state index contributed by atoms with van der Waals surface area (Å²) in [5, 5.41) is 2.89. The van der Waals surface area contributed by atoms with Gasteiger partial charge in [0.25, 0.3) is 0 Å². The average Bonchev–Trinajstić information content (AvgIpc) is 2.41. The maximum atomic E-state index is 12.7. The Morgan fingerprint density at radius 3 is 2.33 bits per heavy atom. The van der Waals surface area contributed by atoms with Crippen LogP contribution in [0.3, 0.4) is 0 Å². The molecule has 0 aromatic rings. The minimum Gasteiger partial charge on any atom is -0.342 e. The van der Waals surface area contributed by atoms with E-state index in [0.717, 1.165) is 12.8 Å². The number of carbonyl (C=O) groups is 2. The van der Waals surface area contributed by atoms with Crippen molar-refractivity contribution in [3.63, 3.8) is 0 Å². The molecule has 1 heterocycles. The molecule has 0 saturated carbocycles. The van der Waals surface area contributed by atoms with Crippen LogP contribution >= 0.6 is 0 Å². The van der Waals surface area contributed by atoms with Crippen molar-refractivity contribution in [2.24, 2.45) is 0 Å². The Hall–Kier alpha value is -1.06. The molecule has 1 fully saturated rings. The Labute approximate surface area is 110 Å². The highest BCUT2D eigenvalue weighted by Crippen LogP contribution is 2.25. The van der Waals surface area contributed by atoms with Gasteiger partial charge in [0.1, 0.15) is 5.54 Å². The zero-order valence-corrected chi connectivity index (χ0v) is 12.2. The maximum Gasteiger partial charge on any atom is 0.248 e. The topological polar surface area (TPSA) is 49.4 Å². The number of hydrogen-bond acceptors (Lipinski definition) is 2. The lowest BCUT2D eigenvalue weighted by Gasteiger charge is -2.38. The molecule has 0 aromatic carbocycles. The number of nitrogens with one attached hydrogen (secondary N) is 1. The Morgan fingerprint density at radius 2 is 1.89 bits per heavy atom. The Morgan fingerprint density at radius 1 is 1.33 bits per heavy atom. The molecule has 1 aliphatic heterocycles. The third-order valence-corrected chi connectivity index (χ3v) is 4.12. The molecule has 1 aliphatic rings. The molecule has 0 aliphatic carbocycles. The van der Waals surface area contributed by atoms with Crippen molar-refractivity contribution in [3.8, 4) is 0 Å². The van der Waals surface area contributed by atoms with E-state index in [0.29, 0.717) is 12.8 Å². The SMILES string of the molecule is CCC(CC)N1C(=O)C(C)(CC)NC(=O)CC1C. The van der Waals surface area contributed by atoms with Gasteiger partial charge in [0.05, 0.1) is 0 Å². The summed E-state index contributed by atoms with van der Waals surface area (Å²) in [5.74, 6) is 0.0470. The van der Waals surface area contributed by atoms with Crippen molar-refractivity contribution in [2.75, 3.05) is 0 Å². The summed E-state index contributed by atoms with van der Waals surface area (Å²) in [6.45, 7) is 9.94. The van der Waals surface area contributed by atoms with E-state index in [1.165, 1.54) is 0 Å². The number of rotatable bonds is 4. The van der Waals surface area contributed by atoms with Crippen molar-refractivity contribution in [3.05, 3.63) is 0 Å². The minimum atomic E-state index is -0.746. The fraction of sp³-hybridized carbons (Fsp3) is 0.857. The molecule has 1 saturated heterocycles. The van der Waals surface area contributed by atoms with Gasteiger partial charge in [-0.1, -0.05) is 20.8 Å². The molecule has 1 N–H and O–H groups in total. The van der Waals surface area contributed by atoms with Crippen LogP contribution in [0.15, 0.2) is 0 Å². The van der Waals surface area contributed by atoms with Crippen molar-refractivity contribution in [2.45, 2.75) is 77.9 Å². The van der Waals surface area contributed by atoms with Gasteiger partial charge in [-0.15, -0.1) is 0 Å². The van der Waals surface area contributed by atoms with Gasteiger partial charge >= 0.3 is 0 Å². The van der Waals surface area contributed by atoms with Crippen LogP contribution in [0.2, 0.25) is 0 Å². The first-order chi connectivity index (χ1) is 8.39. The number of carbonyl (C=O) groups excluding carboxylic acids is 2. The van der Waals surface area contributed by atoms with Crippen LogP contribution in [0, 0.1) is 0 Å². The normalized spacial score (nSPS) is 29.4. The summed E-state index contributed by atoms with van der Waals surface area (Å²) >= 11 is 0. The van der Waals surface area contributed by atoms with Gasteiger partial charge in [0, 0.05) is 18.5 Å². The van der Waals surface area contributed by atoms with Gasteiger partial charge in [-0.05, 0) is 33.1 Å². The van der Waals surface area contributed by atoms with E-state index in [2.05, 4.69) is 19.2 Å². The van der Waals surface area contributed by atoms with Gasteiger partial charge in [0.2, 0.25) is 11.8 Å². The maximum absolute atomic E-state index is 12.7. The van der Waals surface area contributed by atoms with Crippen LogP contribution in [-0.2, 0) is 9.59 Å². The van der Waals surface area contributed by atoms with E-state index in [4.69, 9.17) is 0 Å². The van der Waals surface area contributed by atoms with Gasteiger partial charge in [0.15, 0.2) is 0 Å². The van der Waals surface area contributed by atoms with Crippen molar-refractivity contribution in [1.82, 2.24) is 10.2 Å². The second kappa shape index (κ2) is 5.72. The molecule has 0 spiro atoms. The molecule has 0 radical (unpaired) electrons. The predicted molar refractivity (Wildman–Crippen MR) is 72.1 cm³/mol. The lowest BCUT2D eigenvalue weighted by atomic mass is 9.95. The van der Waals surface area contributed by atoms with Gasteiger partial charge in [-0.3, -0.25) is 9.59 Å². The minimum absolute atomic E-state index is 0.0178. The lowest BCUT2D eigenvalue weighted by Crippen LogP contribution is -2.57. The molecule has 0 bridgehead atoms. The first kappa shape index (κ1) is 15.0. The molecule has 4 heteroatoms. The van der Waals surface area contributed by atoms with Crippen molar-refractivity contribution < 1.29 is 9.59 Å². The number of amides is 2. The second-order valence-electron chi connectivity index (χ2n) is 5.47. The lowest BCUT2D eigenvalue weighted by molar-refractivity contribution is -0.142. The standard InChI is InChI=1S/C14H26N2O2/c1-6-11(7-2)16-10(4)9-12(17)15-14(5,8-3)13(16)18/h10-11H,6-9H2,1-5H3,(H,15,17). The molecule has 4 nitrogen and oxygen atoms in total. The summed E-state index contributed by atoms with van der Waals surface area (Å²) in [4.78, 5) is 26.5. The summed E-state index contributed by atoms with van der Waals surface area (Å²) in [6, 6.07) is 0.210. The Balaban J connectivity index is 3.12. The molecule has 1 rings (SSSR count). The summed E-state index contributed by atoms with van der Waals surface area (Å²) < 4.78 is 0. The van der Waals surface area contributed by atoms with Crippen molar-refractivity contribution >= 4 is 11.8 Å². The van der Waals surface area contributed by atoms with E-state index in [9.17, 15) is 9.59 Å². The summed E-state index contributed by atoms with van der Waals surface area (Å²) in [5.41, 5.74) is -0.746. The van der Waals surface area contributed by atoms with E-state index in [1.54, 1.807) is 0 Å². The molecule has 2 unspecified atom stereocenters. The van der Waals surface area contributed by atoms with E-state index >= 15 is 0 Å². The third kappa shape index (κ3) is 2.68.